The summed E-state index contributed by atoms with van der Waals surface area (Å²) in [7, 11) is 0. The molecular formula is C37H52F2O. The number of rotatable bonds is 13. The van der Waals surface area contributed by atoms with Crippen molar-refractivity contribution in [1.29, 1.82) is 0 Å². The normalized spacial score (nSPS) is 24.8. The minimum atomic E-state index is -3.32. The predicted molar refractivity (Wildman–Crippen MR) is 164 cm³/mol. The van der Waals surface area contributed by atoms with Crippen molar-refractivity contribution in [3.8, 4) is 0 Å². The summed E-state index contributed by atoms with van der Waals surface area (Å²) in [6, 6.07) is 15.1. The van der Waals surface area contributed by atoms with E-state index in [9.17, 15) is 0 Å². The summed E-state index contributed by atoms with van der Waals surface area (Å²) in [5.41, 5.74) is 3.26. The number of hydrogen-bond acceptors (Lipinski definition) is 1. The Kier molecular flexibility index (Phi) is 11.8. The molecule has 220 valence electrons. The van der Waals surface area contributed by atoms with Crippen molar-refractivity contribution in [2.45, 2.75) is 135 Å². The number of unbranched alkanes of at least 4 members (excludes halogenated alkanes) is 4. The standard InChI is InChI=1S/C37H52F2O/c1-4-6-7-8-9-11-30-14-18-32(19-15-30)34-22-20-31(21-23-34)28(3)40-37(38,39)36-26-24-35(25-27-36)33-16-12-29(10-5-2)13-17-33/h5,10,20-30,32-33H,4,6-9,11-19H2,1-3H3/b10-5+. The fourth-order valence-corrected chi connectivity index (χ4v) is 7.08. The second-order valence-corrected chi connectivity index (χ2v) is 12.6. The zero-order valence-electron chi connectivity index (χ0n) is 25.2. The van der Waals surface area contributed by atoms with Gasteiger partial charge in [-0.05, 0) is 106 Å². The van der Waals surface area contributed by atoms with E-state index in [1.807, 2.05) is 24.3 Å². The molecule has 0 amide bonds. The van der Waals surface area contributed by atoms with Crippen molar-refractivity contribution in [2.75, 3.05) is 0 Å². The zero-order valence-corrected chi connectivity index (χ0v) is 25.2. The van der Waals surface area contributed by atoms with Gasteiger partial charge in [0.15, 0.2) is 0 Å². The van der Waals surface area contributed by atoms with Gasteiger partial charge >= 0.3 is 6.11 Å². The average molecular weight is 551 g/mol. The van der Waals surface area contributed by atoms with Crippen LogP contribution in [0.5, 0.6) is 0 Å². The van der Waals surface area contributed by atoms with Crippen LogP contribution in [0.2, 0.25) is 0 Å². The van der Waals surface area contributed by atoms with Crippen LogP contribution in [0.3, 0.4) is 0 Å². The molecule has 0 bridgehead atoms. The van der Waals surface area contributed by atoms with Crippen LogP contribution >= 0.6 is 0 Å². The van der Waals surface area contributed by atoms with E-state index in [0.717, 1.165) is 24.3 Å². The maximum Gasteiger partial charge on any atom is 0.383 e. The van der Waals surface area contributed by atoms with Crippen LogP contribution < -0.4 is 0 Å². The Morgan fingerprint density at radius 3 is 1.90 bits per heavy atom. The monoisotopic (exact) mass is 550 g/mol. The molecule has 2 aromatic rings. The number of ether oxygens (including phenoxy) is 1. The summed E-state index contributed by atoms with van der Waals surface area (Å²) in [5, 5.41) is 0. The molecule has 2 fully saturated rings. The molecule has 2 aliphatic carbocycles. The van der Waals surface area contributed by atoms with E-state index in [1.54, 1.807) is 19.1 Å². The molecule has 1 atom stereocenters. The molecule has 0 aromatic heterocycles. The van der Waals surface area contributed by atoms with Crippen LogP contribution in [0, 0.1) is 11.8 Å². The third-order valence-electron chi connectivity index (χ3n) is 9.72. The fourth-order valence-electron chi connectivity index (χ4n) is 7.08. The van der Waals surface area contributed by atoms with Crippen LogP contribution in [0.1, 0.15) is 151 Å². The predicted octanol–water partition coefficient (Wildman–Crippen LogP) is 12.0. The van der Waals surface area contributed by atoms with Crippen LogP contribution in [0.15, 0.2) is 60.7 Å². The Balaban J connectivity index is 1.25. The molecule has 0 aliphatic heterocycles. The molecule has 0 N–H and O–H groups in total. The molecule has 1 unspecified atom stereocenters. The lowest BCUT2D eigenvalue weighted by Crippen LogP contribution is -2.20. The van der Waals surface area contributed by atoms with E-state index in [2.05, 4.69) is 38.1 Å². The van der Waals surface area contributed by atoms with Crippen molar-refractivity contribution in [2.24, 2.45) is 11.8 Å². The van der Waals surface area contributed by atoms with Gasteiger partial charge in [0.1, 0.15) is 0 Å². The molecule has 2 saturated carbocycles. The van der Waals surface area contributed by atoms with Crippen molar-refractivity contribution in [3.05, 3.63) is 82.9 Å². The Hall–Kier alpha value is -2.00. The zero-order chi connectivity index (χ0) is 28.4. The van der Waals surface area contributed by atoms with E-state index in [-0.39, 0.29) is 5.56 Å². The second kappa shape index (κ2) is 15.3. The third kappa shape index (κ3) is 8.75. The quantitative estimate of drug-likeness (QED) is 0.178. The molecule has 2 aliphatic rings. The van der Waals surface area contributed by atoms with Crippen molar-refractivity contribution in [1.82, 2.24) is 0 Å². The summed E-state index contributed by atoms with van der Waals surface area (Å²) >= 11 is 0. The van der Waals surface area contributed by atoms with Gasteiger partial charge in [-0.25, -0.2) is 0 Å². The first kappa shape index (κ1) is 30.9. The van der Waals surface area contributed by atoms with Crippen LogP contribution in [0.25, 0.3) is 0 Å². The van der Waals surface area contributed by atoms with Gasteiger partial charge in [-0.3, -0.25) is 0 Å². The molecule has 0 radical (unpaired) electrons. The first-order chi connectivity index (χ1) is 19.4. The maximum absolute atomic E-state index is 15.1. The van der Waals surface area contributed by atoms with E-state index in [4.69, 9.17) is 4.74 Å². The van der Waals surface area contributed by atoms with E-state index >= 15 is 8.78 Å². The highest BCUT2D eigenvalue weighted by molar-refractivity contribution is 5.29. The number of hydrogen-bond donors (Lipinski definition) is 0. The Morgan fingerprint density at radius 2 is 1.32 bits per heavy atom. The maximum atomic E-state index is 15.1. The SMILES string of the molecule is C/C=C/C1CCC(c2ccc(C(F)(F)OC(C)c3ccc(C4CCC(CCCCCCC)CC4)cc3)cc2)CC1. The highest BCUT2D eigenvalue weighted by Gasteiger charge is 2.35. The highest BCUT2D eigenvalue weighted by atomic mass is 19.3. The topological polar surface area (TPSA) is 9.23 Å². The molecule has 2 aromatic carbocycles. The van der Waals surface area contributed by atoms with Gasteiger partial charge in [-0.15, -0.1) is 0 Å². The second-order valence-electron chi connectivity index (χ2n) is 12.6. The Morgan fingerprint density at radius 1 is 0.775 bits per heavy atom. The van der Waals surface area contributed by atoms with Gasteiger partial charge in [0.05, 0.1) is 11.7 Å². The molecule has 40 heavy (non-hydrogen) atoms. The number of allylic oxidation sites excluding steroid dienone is 2. The first-order valence-corrected chi connectivity index (χ1v) is 16.3. The van der Waals surface area contributed by atoms with E-state index in [1.165, 1.54) is 88.2 Å². The fraction of sp³-hybridized carbons (Fsp3) is 0.622. The lowest BCUT2D eigenvalue weighted by Gasteiger charge is -2.29. The Bertz CT molecular complexity index is 1010. The minimum Gasteiger partial charge on any atom is -0.309 e. The van der Waals surface area contributed by atoms with Gasteiger partial charge < -0.3 is 4.74 Å². The molecular weight excluding hydrogens is 498 g/mol. The molecule has 4 rings (SSSR count). The summed E-state index contributed by atoms with van der Waals surface area (Å²) in [5.74, 6) is 2.62. The van der Waals surface area contributed by atoms with E-state index in [0.29, 0.717) is 17.8 Å². The molecule has 1 nitrogen and oxygen atoms in total. The van der Waals surface area contributed by atoms with Crippen molar-refractivity contribution >= 4 is 0 Å². The van der Waals surface area contributed by atoms with Crippen LogP contribution in [-0.4, -0.2) is 0 Å². The van der Waals surface area contributed by atoms with Gasteiger partial charge in [0.25, 0.3) is 0 Å². The van der Waals surface area contributed by atoms with Gasteiger partial charge in [0.2, 0.25) is 0 Å². The smallest absolute Gasteiger partial charge is 0.309 e. The summed E-state index contributed by atoms with van der Waals surface area (Å²) in [6.07, 6.45) is 18.4. The lowest BCUT2D eigenvalue weighted by molar-refractivity contribution is -0.272. The van der Waals surface area contributed by atoms with E-state index < -0.39 is 12.2 Å². The largest absolute Gasteiger partial charge is 0.383 e. The molecule has 0 heterocycles. The van der Waals surface area contributed by atoms with Gasteiger partial charge in [0, 0.05) is 0 Å². The Labute approximate surface area is 242 Å². The lowest BCUT2D eigenvalue weighted by atomic mass is 9.77. The molecule has 0 saturated heterocycles. The van der Waals surface area contributed by atoms with Crippen LogP contribution in [0.4, 0.5) is 8.78 Å². The molecule has 3 heteroatoms. The van der Waals surface area contributed by atoms with Crippen LogP contribution in [-0.2, 0) is 10.8 Å². The minimum absolute atomic E-state index is 0.0653. The third-order valence-corrected chi connectivity index (χ3v) is 9.72. The summed E-state index contributed by atoms with van der Waals surface area (Å²) in [4.78, 5) is 0. The van der Waals surface area contributed by atoms with Gasteiger partial charge in [-0.2, -0.15) is 8.78 Å². The average Bonchev–Trinajstić information content (AvgIpc) is 2.98. The number of benzene rings is 2. The number of halogens is 2. The van der Waals surface area contributed by atoms with Crippen molar-refractivity contribution < 1.29 is 13.5 Å². The summed E-state index contributed by atoms with van der Waals surface area (Å²) < 4.78 is 35.6. The summed E-state index contributed by atoms with van der Waals surface area (Å²) in [6.45, 7) is 6.07. The first-order valence-electron chi connectivity index (χ1n) is 16.3. The van der Waals surface area contributed by atoms with Gasteiger partial charge in [-0.1, -0.05) is 106 Å². The number of alkyl halides is 2. The van der Waals surface area contributed by atoms with Crippen molar-refractivity contribution in [3.63, 3.8) is 0 Å². The highest BCUT2D eigenvalue weighted by Crippen LogP contribution is 2.41. The molecule has 0 spiro atoms.